The highest BCUT2D eigenvalue weighted by molar-refractivity contribution is 5.94. The van der Waals surface area contributed by atoms with E-state index in [0.29, 0.717) is 13.1 Å². The number of aryl methyl sites for hydroxylation is 1. The summed E-state index contributed by atoms with van der Waals surface area (Å²) in [6, 6.07) is 10.3. The Morgan fingerprint density at radius 1 is 1.15 bits per heavy atom. The summed E-state index contributed by atoms with van der Waals surface area (Å²) >= 11 is 0. The summed E-state index contributed by atoms with van der Waals surface area (Å²) in [4.78, 5) is 24.3. The molecule has 1 aliphatic rings. The number of nitrogens with zero attached hydrogens (tertiary/aromatic N) is 5. The van der Waals surface area contributed by atoms with Gasteiger partial charge in [0.2, 0.25) is 5.91 Å². The summed E-state index contributed by atoms with van der Waals surface area (Å²) < 4.78 is 2.07. The summed E-state index contributed by atoms with van der Waals surface area (Å²) in [5.41, 5.74) is 2.25. The Bertz CT molecular complexity index is 944. The molecule has 0 saturated carbocycles. The molecule has 1 aliphatic heterocycles. The summed E-state index contributed by atoms with van der Waals surface area (Å²) in [6.45, 7) is 4.22. The van der Waals surface area contributed by atoms with Crippen molar-refractivity contribution in [1.29, 1.82) is 0 Å². The molecule has 0 unspecified atom stereocenters. The molecular formula is C19H21N5O2. The highest BCUT2D eigenvalue weighted by Crippen LogP contribution is 2.30. The first-order chi connectivity index (χ1) is 12.7. The minimum absolute atomic E-state index is 0.201. The standard InChI is InChI=1S/C19H21N5O2/c1-14-20-7-5-18(21-14)24-8-6-15-16(3-2-4-17(15)24)22-9-11-23(12-10-22)19(26)13-25/h2-8,25H,9-13H2,1H3. The fraction of sp³-hybridized carbons (Fsp3) is 0.316. The molecule has 3 heterocycles. The lowest BCUT2D eigenvalue weighted by molar-refractivity contribution is -0.134. The number of rotatable bonds is 3. The fourth-order valence-electron chi connectivity index (χ4n) is 3.50. The number of hydrogen-bond acceptors (Lipinski definition) is 5. The van der Waals surface area contributed by atoms with Crippen LogP contribution in [0.5, 0.6) is 0 Å². The van der Waals surface area contributed by atoms with Crippen molar-refractivity contribution < 1.29 is 9.90 Å². The van der Waals surface area contributed by atoms with Crippen LogP contribution in [0.25, 0.3) is 16.7 Å². The van der Waals surface area contributed by atoms with Crippen LogP contribution in [0.1, 0.15) is 5.82 Å². The molecule has 3 aromatic rings. The lowest BCUT2D eigenvalue weighted by atomic mass is 10.1. The zero-order chi connectivity index (χ0) is 18.1. The molecule has 1 fully saturated rings. The van der Waals surface area contributed by atoms with Crippen LogP contribution in [0.3, 0.4) is 0 Å². The van der Waals surface area contributed by atoms with Crippen LogP contribution in [-0.4, -0.2) is 63.2 Å². The van der Waals surface area contributed by atoms with Crippen molar-refractivity contribution in [2.75, 3.05) is 37.7 Å². The average molecular weight is 351 g/mol. The third-order valence-corrected chi connectivity index (χ3v) is 4.83. The van der Waals surface area contributed by atoms with Gasteiger partial charge in [-0.3, -0.25) is 4.79 Å². The number of aromatic nitrogens is 3. The molecule has 4 rings (SSSR count). The minimum Gasteiger partial charge on any atom is -0.387 e. The van der Waals surface area contributed by atoms with Crippen LogP contribution >= 0.6 is 0 Å². The van der Waals surface area contributed by atoms with Crippen molar-refractivity contribution in [2.24, 2.45) is 0 Å². The van der Waals surface area contributed by atoms with Crippen molar-refractivity contribution in [3.8, 4) is 5.82 Å². The van der Waals surface area contributed by atoms with E-state index in [0.717, 1.165) is 41.3 Å². The number of carbonyl (C=O) groups is 1. The Morgan fingerprint density at radius 2 is 1.96 bits per heavy atom. The number of fused-ring (bicyclic) bond motifs is 1. The molecule has 0 atom stereocenters. The fourth-order valence-corrected chi connectivity index (χ4v) is 3.50. The monoisotopic (exact) mass is 351 g/mol. The van der Waals surface area contributed by atoms with Gasteiger partial charge in [-0.1, -0.05) is 6.07 Å². The van der Waals surface area contributed by atoms with Crippen molar-refractivity contribution in [3.05, 3.63) is 48.5 Å². The van der Waals surface area contributed by atoms with Crippen molar-refractivity contribution in [3.63, 3.8) is 0 Å². The predicted octanol–water partition coefficient (Wildman–Crippen LogP) is 1.37. The van der Waals surface area contributed by atoms with Crippen LogP contribution in [-0.2, 0) is 4.79 Å². The van der Waals surface area contributed by atoms with Crippen molar-refractivity contribution in [2.45, 2.75) is 6.92 Å². The molecule has 1 saturated heterocycles. The van der Waals surface area contributed by atoms with E-state index >= 15 is 0 Å². The Hall–Kier alpha value is -2.93. The van der Waals surface area contributed by atoms with Gasteiger partial charge >= 0.3 is 0 Å². The predicted molar refractivity (Wildman–Crippen MR) is 99.5 cm³/mol. The Labute approximate surface area is 151 Å². The smallest absolute Gasteiger partial charge is 0.248 e. The van der Waals surface area contributed by atoms with E-state index in [-0.39, 0.29) is 5.91 Å². The molecule has 134 valence electrons. The number of hydrogen-bond donors (Lipinski definition) is 1. The van der Waals surface area contributed by atoms with Crippen LogP contribution in [0.4, 0.5) is 5.69 Å². The molecule has 0 radical (unpaired) electrons. The highest BCUT2D eigenvalue weighted by atomic mass is 16.3. The third-order valence-electron chi connectivity index (χ3n) is 4.83. The van der Waals surface area contributed by atoms with E-state index in [1.165, 1.54) is 0 Å². The molecule has 0 spiro atoms. The average Bonchev–Trinajstić information content (AvgIpc) is 3.12. The van der Waals surface area contributed by atoms with Gasteiger partial charge in [-0.15, -0.1) is 0 Å². The Morgan fingerprint density at radius 3 is 2.69 bits per heavy atom. The van der Waals surface area contributed by atoms with Gasteiger partial charge in [0.25, 0.3) is 0 Å². The first kappa shape index (κ1) is 16.5. The number of aliphatic hydroxyl groups is 1. The van der Waals surface area contributed by atoms with Gasteiger partial charge in [-0.05, 0) is 31.2 Å². The summed E-state index contributed by atoms with van der Waals surface area (Å²) in [5.74, 6) is 1.39. The lowest BCUT2D eigenvalue weighted by Gasteiger charge is -2.36. The van der Waals surface area contributed by atoms with E-state index in [2.05, 4.69) is 37.6 Å². The van der Waals surface area contributed by atoms with Crippen LogP contribution in [0, 0.1) is 6.92 Å². The maximum absolute atomic E-state index is 11.7. The highest BCUT2D eigenvalue weighted by Gasteiger charge is 2.22. The molecule has 1 amide bonds. The number of aliphatic hydroxyl groups excluding tert-OH is 1. The summed E-state index contributed by atoms with van der Waals surface area (Å²) in [7, 11) is 0. The second-order valence-corrected chi connectivity index (χ2v) is 6.38. The Kier molecular flexibility index (Phi) is 4.30. The van der Waals surface area contributed by atoms with E-state index < -0.39 is 6.61 Å². The third kappa shape index (κ3) is 2.90. The first-order valence-corrected chi connectivity index (χ1v) is 8.71. The van der Waals surface area contributed by atoms with Crippen LogP contribution in [0.2, 0.25) is 0 Å². The zero-order valence-corrected chi connectivity index (χ0v) is 14.7. The van der Waals surface area contributed by atoms with Crippen molar-refractivity contribution in [1.82, 2.24) is 19.4 Å². The quantitative estimate of drug-likeness (QED) is 0.771. The van der Waals surface area contributed by atoms with Gasteiger partial charge in [0.15, 0.2) is 0 Å². The topological polar surface area (TPSA) is 74.5 Å². The zero-order valence-electron chi connectivity index (χ0n) is 14.7. The van der Waals surface area contributed by atoms with Gasteiger partial charge in [0, 0.05) is 49.6 Å². The van der Waals surface area contributed by atoms with E-state index in [1.54, 1.807) is 11.1 Å². The Balaban J connectivity index is 1.65. The molecule has 7 heteroatoms. The maximum atomic E-state index is 11.7. The first-order valence-electron chi connectivity index (χ1n) is 8.71. The molecule has 7 nitrogen and oxygen atoms in total. The molecule has 1 N–H and O–H groups in total. The molecule has 1 aromatic carbocycles. The van der Waals surface area contributed by atoms with Crippen LogP contribution < -0.4 is 4.90 Å². The van der Waals surface area contributed by atoms with Gasteiger partial charge in [-0.25, -0.2) is 9.97 Å². The molecule has 0 aliphatic carbocycles. The minimum atomic E-state index is -0.420. The summed E-state index contributed by atoms with van der Waals surface area (Å²) in [6.07, 6.45) is 3.80. The SMILES string of the molecule is Cc1nccc(-n2ccc3c(N4CCN(C(=O)CO)CC4)cccc32)n1. The largest absolute Gasteiger partial charge is 0.387 e. The van der Waals surface area contributed by atoms with Crippen LogP contribution in [0.15, 0.2) is 42.7 Å². The molecular weight excluding hydrogens is 330 g/mol. The molecule has 26 heavy (non-hydrogen) atoms. The second kappa shape index (κ2) is 6.76. The number of amides is 1. The van der Waals surface area contributed by atoms with Gasteiger partial charge in [0.05, 0.1) is 5.52 Å². The molecule has 0 bridgehead atoms. The normalized spacial score (nSPS) is 14.8. The maximum Gasteiger partial charge on any atom is 0.248 e. The second-order valence-electron chi connectivity index (χ2n) is 6.38. The van der Waals surface area contributed by atoms with Gasteiger partial charge in [0.1, 0.15) is 18.2 Å². The number of carbonyl (C=O) groups excluding carboxylic acids is 1. The van der Waals surface area contributed by atoms with Gasteiger partial charge < -0.3 is 19.5 Å². The van der Waals surface area contributed by atoms with Gasteiger partial charge in [-0.2, -0.15) is 0 Å². The summed E-state index contributed by atoms with van der Waals surface area (Å²) in [5, 5.41) is 10.2. The number of benzene rings is 1. The van der Waals surface area contributed by atoms with E-state index in [1.807, 2.05) is 25.3 Å². The van der Waals surface area contributed by atoms with E-state index in [9.17, 15) is 4.79 Å². The van der Waals surface area contributed by atoms with Crippen molar-refractivity contribution >= 4 is 22.5 Å². The van der Waals surface area contributed by atoms with E-state index in [4.69, 9.17) is 5.11 Å². The number of anilines is 1. The number of piperazine rings is 1. The lowest BCUT2D eigenvalue weighted by Crippen LogP contribution is -2.49. The molecule has 2 aromatic heterocycles.